The fraction of sp³-hybridized carbons (Fsp3) is 0.600. The lowest BCUT2D eigenvalue weighted by atomic mass is 9.92. The first-order valence-electron chi connectivity index (χ1n) is 8.94. The monoisotopic (exact) mass is 346 g/mol. The Morgan fingerprint density at radius 3 is 2.20 bits per heavy atom. The standard InChI is InChI=1S/C20H30N2O3/c1-14-12-22(13-15(2)25-14)19(24)17-8-6-16(7-9-17)11-21-18(23)10-20(3,4)5/h6-9,14-15H,10-13H2,1-5H3,(H,21,23). The van der Waals surface area contributed by atoms with Crippen LogP contribution in [-0.2, 0) is 16.1 Å². The Balaban J connectivity index is 1.91. The molecule has 1 fully saturated rings. The highest BCUT2D eigenvalue weighted by molar-refractivity contribution is 5.94. The predicted molar refractivity (Wildman–Crippen MR) is 98.3 cm³/mol. The van der Waals surface area contributed by atoms with Gasteiger partial charge in [0.25, 0.3) is 5.91 Å². The summed E-state index contributed by atoms with van der Waals surface area (Å²) in [6, 6.07) is 7.46. The number of hydrogen-bond donors (Lipinski definition) is 1. The van der Waals surface area contributed by atoms with Gasteiger partial charge in [0.1, 0.15) is 0 Å². The summed E-state index contributed by atoms with van der Waals surface area (Å²) >= 11 is 0. The number of rotatable bonds is 4. The quantitative estimate of drug-likeness (QED) is 0.912. The number of hydrogen-bond acceptors (Lipinski definition) is 3. The van der Waals surface area contributed by atoms with Crippen LogP contribution >= 0.6 is 0 Å². The van der Waals surface area contributed by atoms with E-state index in [0.29, 0.717) is 31.6 Å². The minimum atomic E-state index is -0.0210. The van der Waals surface area contributed by atoms with E-state index in [0.717, 1.165) is 5.56 Å². The largest absolute Gasteiger partial charge is 0.372 e. The van der Waals surface area contributed by atoms with Crippen molar-refractivity contribution >= 4 is 11.8 Å². The molecule has 5 nitrogen and oxygen atoms in total. The van der Waals surface area contributed by atoms with Crippen LogP contribution in [0, 0.1) is 5.41 Å². The van der Waals surface area contributed by atoms with Gasteiger partial charge < -0.3 is 15.0 Å². The van der Waals surface area contributed by atoms with Crippen LogP contribution in [0.5, 0.6) is 0 Å². The lowest BCUT2D eigenvalue weighted by molar-refractivity contribution is -0.122. The van der Waals surface area contributed by atoms with Crippen LogP contribution in [0.1, 0.15) is 57.0 Å². The van der Waals surface area contributed by atoms with Crippen molar-refractivity contribution in [2.45, 2.75) is 59.8 Å². The molecule has 0 radical (unpaired) electrons. The molecule has 25 heavy (non-hydrogen) atoms. The van der Waals surface area contributed by atoms with Crippen LogP contribution < -0.4 is 5.32 Å². The SMILES string of the molecule is CC1CN(C(=O)c2ccc(CNC(=O)CC(C)(C)C)cc2)CC(C)O1. The Hall–Kier alpha value is -1.88. The van der Waals surface area contributed by atoms with Crippen molar-refractivity contribution in [1.29, 1.82) is 0 Å². The maximum absolute atomic E-state index is 12.6. The maximum Gasteiger partial charge on any atom is 0.254 e. The number of nitrogens with zero attached hydrogens (tertiary/aromatic N) is 1. The summed E-state index contributed by atoms with van der Waals surface area (Å²) in [5, 5.41) is 2.93. The van der Waals surface area contributed by atoms with E-state index < -0.39 is 0 Å². The number of amides is 2. The van der Waals surface area contributed by atoms with Crippen LogP contribution in [-0.4, -0.2) is 42.0 Å². The second kappa shape index (κ2) is 8.00. The van der Waals surface area contributed by atoms with E-state index in [-0.39, 0.29) is 29.4 Å². The van der Waals surface area contributed by atoms with Gasteiger partial charge in [0.15, 0.2) is 0 Å². The molecule has 1 aliphatic heterocycles. The third kappa shape index (κ3) is 6.16. The van der Waals surface area contributed by atoms with E-state index in [4.69, 9.17) is 4.74 Å². The minimum absolute atomic E-state index is 0.0210. The number of nitrogens with one attached hydrogen (secondary N) is 1. The van der Waals surface area contributed by atoms with Crippen LogP contribution in [0.15, 0.2) is 24.3 Å². The molecule has 1 aliphatic rings. The number of morpholine rings is 1. The highest BCUT2D eigenvalue weighted by Gasteiger charge is 2.26. The van der Waals surface area contributed by atoms with Crippen molar-refractivity contribution in [3.8, 4) is 0 Å². The summed E-state index contributed by atoms with van der Waals surface area (Å²) in [5.41, 5.74) is 1.64. The topological polar surface area (TPSA) is 58.6 Å². The van der Waals surface area contributed by atoms with Gasteiger partial charge in [0, 0.05) is 31.6 Å². The van der Waals surface area contributed by atoms with Gasteiger partial charge in [-0.05, 0) is 37.0 Å². The maximum atomic E-state index is 12.6. The lowest BCUT2D eigenvalue weighted by Crippen LogP contribution is -2.48. The number of carbonyl (C=O) groups excluding carboxylic acids is 2. The van der Waals surface area contributed by atoms with Crippen molar-refractivity contribution in [2.24, 2.45) is 5.41 Å². The molecule has 0 saturated carbocycles. The molecule has 1 aromatic carbocycles. The molecule has 0 aliphatic carbocycles. The van der Waals surface area contributed by atoms with Gasteiger partial charge in [-0.3, -0.25) is 9.59 Å². The normalized spacial score (nSPS) is 21.1. The summed E-state index contributed by atoms with van der Waals surface area (Å²) in [6.07, 6.45) is 0.617. The first-order chi connectivity index (χ1) is 11.6. The van der Waals surface area contributed by atoms with Crippen molar-refractivity contribution in [3.05, 3.63) is 35.4 Å². The highest BCUT2D eigenvalue weighted by Crippen LogP contribution is 2.18. The fourth-order valence-electron chi connectivity index (χ4n) is 3.04. The summed E-state index contributed by atoms with van der Waals surface area (Å²) in [5.74, 6) is 0.0780. The van der Waals surface area contributed by atoms with Crippen LogP contribution in [0.4, 0.5) is 0 Å². The zero-order chi connectivity index (χ0) is 18.6. The highest BCUT2D eigenvalue weighted by atomic mass is 16.5. The van der Waals surface area contributed by atoms with E-state index in [1.807, 2.05) is 63.8 Å². The van der Waals surface area contributed by atoms with Gasteiger partial charge in [0.05, 0.1) is 12.2 Å². The Bertz CT molecular complexity index is 594. The molecular formula is C20H30N2O3. The number of benzene rings is 1. The Morgan fingerprint density at radius 2 is 1.68 bits per heavy atom. The molecule has 1 saturated heterocycles. The van der Waals surface area contributed by atoms with Crippen LogP contribution in [0.3, 0.4) is 0 Å². The first kappa shape index (κ1) is 19.4. The summed E-state index contributed by atoms with van der Waals surface area (Å²) in [4.78, 5) is 26.4. The van der Waals surface area contributed by atoms with E-state index in [1.54, 1.807) is 0 Å². The molecule has 0 bridgehead atoms. The Morgan fingerprint density at radius 1 is 1.12 bits per heavy atom. The molecule has 2 atom stereocenters. The molecule has 0 aromatic heterocycles. The van der Waals surface area contributed by atoms with E-state index in [9.17, 15) is 9.59 Å². The summed E-state index contributed by atoms with van der Waals surface area (Å²) in [6.45, 7) is 11.8. The first-order valence-corrected chi connectivity index (χ1v) is 8.94. The third-order valence-electron chi connectivity index (χ3n) is 4.09. The second-order valence-corrected chi connectivity index (χ2v) is 8.18. The average molecular weight is 346 g/mol. The zero-order valence-electron chi connectivity index (χ0n) is 16.0. The molecule has 1 heterocycles. The van der Waals surface area contributed by atoms with Crippen LogP contribution in [0.25, 0.3) is 0 Å². The molecule has 1 N–H and O–H groups in total. The molecule has 2 amide bonds. The summed E-state index contributed by atoms with van der Waals surface area (Å²) < 4.78 is 5.68. The third-order valence-corrected chi connectivity index (χ3v) is 4.09. The van der Waals surface area contributed by atoms with E-state index >= 15 is 0 Å². The van der Waals surface area contributed by atoms with Gasteiger partial charge in [-0.1, -0.05) is 32.9 Å². The van der Waals surface area contributed by atoms with E-state index in [2.05, 4.69) is 5.32 Å². The molecule has 2 rings (SSSR count). The van der Waals surface area contributed by atoms with Gasteiger partial charge in [0.2, 0.25) is 5.91 Å². The van der Waals surface area contributed by atoms with Crippen molar-refractivity contribution in [3.63, 3.8) is 0 Å². The van der Waals surface area contributed by atoms with Gasteiger partial charge in [-0.2, -0.15) is 0 Å². The Labute approximate surface area is 150 Å². The van der Waals surface area contributed by atoms with Crippen molar-refractivity contribution in [2.75, 3.05) is 13.1 Å². The lowest BCUT2D eigenvalue weighted by Gasteiger charge is -2.35. The zero-order valence-corrected chi connectivity index (χ0v) is 16.0. The number of ether oxygens (including phenoxy) is 1. The van der Waals surface area contributed by atoms with Crippen LogP contribution in [0.2, 0.25) is 0 Å². The average Bonchev–Trinajstić information content (AvgIpc) is 2.50. The molecule has 0 spiro atoms. The molecule has 138 valence electrons. The minimum Gasteiger partial charge on any atom is -0.372 e. The smallest absolute Gasteiger partial charge is 0.254 e. The van der Waals surface area contributed by atoms with E-state index in [1.165, 1.54) is 0 Å². The molecular weight excluding hydrogens is 316 g/mol. The van der Waals surface area contributed by atoms with Gasteiger partial charge >= 0.3 is 0 Å². The van der Waals surface area contributed by atoms with Gasteiger partial charge in [-0.15, -0.1) is 0 Å². The Kier molecular flexibility index (Phi) is 6.22. The molecule has 1 aromatic rings. The van der Waals surface area contributed by atoms with Crippen molar-refractivity contribution in [1.82, 2.24) is 10.2 Å². The molecule has 2 unspecified atom stereocenters. The second-order valence-electron chi connectivity index (χ2n) is 8.18. The molecule has 5 heteroatoms. The number of carbonyl (C=O) groups is 2. The summed E-state index contributed by atoms with van der Waals surface area (Å²) in [7, 11) is 0. The predicted octanol–water partition coefficient (Wildman–Crippen LogP) is 2.99. The van der Waals surface area contributed by atoms with Crippen molar-refractivity contribution < 1.29 is 14.3 Å². The van der Waals surface area contributed by atoms with Gasteiger partial charge in [-0.25, -0.2) is 0 Å². The fourth-order valence-corrected chi connectivity index (χ4v) is 3.04.